The van der Waals surface area contributed by atoms with Crippen molar-refractivity contribution in [2.75, 3.05) is 46.4 Å². The molecule has 0 aromatic heterocycles. The molecule has 3 rings (SSSR count). The van der Waals surface area contributed by atoms with E-state index < -0.39 is 0 Å². The van der Waals surface area contributed by atoms with Crippen LogP contribution < -0.4 is 10.6 Å². The maximum Gasteiger partial charge on any atom is 0.191 e. The van der Waals surface area contributed by atoms with Crippen molar-refractivity contribution in [3.8, 4) is 0 Å². The Morgan fingerprint density at radius 1 is 1.18 bits per heavy atom. The van der Waals surface area contributed by atoms with Gasteiger partial charge >= 0.3 is 0 Å². The predicted molar refractivity (Wildman–Crippen MR) is 123 cm³/mol. The number of hydrogen-bond donors (Lipinski definition) is 2. The minimum absolute atomic E-state index is 0. The highest BCUT2D eigenvalue weighted by Crippen LogP contribution is 2.43. The molecule has 1 saturated carbocycles. The number of nitrogens with zero attached hydrogens (tertiary/aromatic N) is 2. The minimum atomic E-state index is -0.177. The Balaban J connectivity index is 0.00000280. The Labute approximate surface area is 185 Å². The molecule has 0 unspecified atom stereocenters. The summed E-state index contributed by atoms with van der Waals surface area (Å²) in [5.41, 5.74) is 1.34. The van der Waals surface area contributed by atoms with Crippen molar-refractivity contribution >= 4 is 29.9 Å². The molecule has 1 saturated heterocycles. The lowest BCUT2D eigenvalue weighted by Gasteiger charge is -2.43. The highest BCUT2D eigenvalue weighted by Gasteiger charge is 2.38. The topological polar surface area (TPSA) is 48.9 Å². The molecule has 0 radical (unpaired) electrons. The van der Waals surface area contributed by atoms with Crippen LogP contribution in [-0.4, -0.2) is 62.8 Å². The van der Waals surface area contributed by atoms with Crippen LogP contribution in [0.4, 0.5) is 4.39 Å². The number of rotatable bonds is 6. The van der Waals surface area contributed by atoms with Gasteiger partial charge in [0.15, 0.2) is 5.96 Å². The summed E-state index contributed by atoms with van der Waals surface area (Å²) in [4.78, 5) is 6.86. The Morgan fingerprint density at radius 3 is 2.36 bits per heavy atom. The van der Waals surface area contributed by atoms with Crippen molar-refractivity contribution in [3.05, 3.63) is 35.6 Å². The van der Waals surface area contributed by atoms with Gasteiger partial charge in [0.1, 0.15) is 5.82 Å². The Bertz CT molecular complexity index is 640. The van der Waals surface area contributed by atoms with Crippen LogP contribution in [-0.2, 0) is 10.2 Å². The van der Waals surface area contributed by atoms with E-state index in [1.807, 2.05) is 19.2 Å². The van der Waals surface area contributed by atoms with E-state index in [1.165, 1.54) is 12.0 Å². The van der Waals surface area contributed by atoms with E-state index in [0.717, 1.165) is 58.2 Å². The standard InChI is InChI=1S/C21H33FN4O.HI/c1-20(2,26-11-13-27-14-12-26)15-24-19(23-3)25-16-21(9-4-10-21)17-5-7-18(22)8-6-17;/h5-8H,4,9-16H2,1-3H3,(H2,23,24,25);1H. The molecule has 5 nitrogen and oxygen atoms in total. The predicted octanol–water partition coefficient (Wildman–Crippen LogP) is 3.14. The van der Waals surface area contributed by atoms with Crippen LogP contribution in [0.15, 0.2) is 29.3 Å². The summed E-state index contributed by atoms with van der Waals surface area (Å²) in [6.45, 7) is 9.68. The zero-order chi connectivity index (χ0) is 19.3. The van der Waals surface area contributed by atoms with Gasteiger partial charge < -0.3 is 15.4 Å². The minimum Gasteiger partial charge on any atom is -0.379 e. The molecule has 0 spiro atoms. The highest BCUT2D eigenvalue weighted by atomic mass is 127. The molecule has 28 heavy (non-hydrogen) atoms. The van der Waals surface area contributed by atoms with Gasteiger partial charge in [-0.25, -0.2) is 4.39 Å². The second-order valence-electron chi connectivity index (χ2n) is 8.33. The smallest absolute Gasteiger partial charge is 0.191 e. The Hall–Kier alpha value is -0.930. The van der Waals surface area contributed by atoms with Gasteiger partial charge in [0.2, 0.25) is 0 Å². The Morgan fingerprint density at radius 2 is 1.82 bits per heavy atom. The first-order valence-corrected chi connectivity index (χ1v) is 9.99. The van der Waals surface area contributed by atoms with Gasteiger partial charge in [-0.3, -0.25) is 9.89 Å². The molecular weight excluding hydrogens is 470 g/mol. The first-order valence-electron chi connectivity index (χ1n) is 9.99. The lowest BCUT2D eigenvalue weighted by atomic mass is 9.64. The van der Waals surface area contributed by atoms with Crippen molar-refractivity contribution in [1.82, 2.24) is 15.5 Å². The number of benzene rings is 1. The van der Waals surface area contributed by atoms with Gasteiger partial charge in [-0.05, 0) is 44.4 Å². The quantitative estimate of drug-likeness (QED) is 0.355. The maximum atomic E-state index is 13.3. The molecule has 1 aliphatic carbocycles. The lowest BCUT2D eigenvalue weighted by Crippen LogP contribution is -2.57. The second kappa shape index (κ2) is 10.2. The fourth-order valence-electron chi connectivity index (χ4n) is 4.03. The van der Waals surface area contributed by atoms with Crippen LogP contribution in [0.1, 0.15) is 38.7 Å². The third-order valence-corrected chi connectivity index (χ3v) is 6.14. The van der Waals surface area contributed by atoms with Gasteiger partial charge in [0.05, 0.1) is 13.2 Å². The van der Waals surface area contributed by atoms with Gasteiger partial charge in [-0.1, -0.05) is 18.6 Å². The van der Waals surface area contributed by atoms with Gasteiger partial charge in [0, 0.05) is 44.2 Å². The number of hydrogen-bond acceptors (Lipinski definition) is 3. The van der Waals surface area contributed by atoms with Crippen LogP contribution in [0.5, 0.6) is 0 Å². The van der Waals surface area contributed by atoms with Crippen LogP contribution in [0.3, 0.4) is 0 Å². The van der Waals surface area contributed by atoms with E-state index in [2.05, 4.69) is 34.4 Å². The van der Waals surface area contributed by atoms with E-state index in [0.29, 0.717) is 0 Å². The lowest BCUT2D eigenvalue weighted by molar-refractivity contribution is -0.00834. The van der Waals surface area contributed by atoms with Crippen molar-refractivity contribution < 1.29 is 9.13 Å². The number of ether oxygens (including phenoxy) is 1. The molecule has 1 aromatic rings. The zero-order valence-electron chi connectivity index (χ0n) is 17.3. The molecule has 7 heteroatoms. The molecule has 158 valence electrons. The molecule has 0 amide bonds. The third-order valence-electron chi connectivity index (χ3n) is 6.14. The van der Waals surface area contributed by atoms with Crippen molar-refractivity contribution in [2.45, 2.75) is 44.1 Å². The SMILES string of the molecule is CN=C(NCC1(c2ccc(F)cc2)CCC1)NCC(C)(C)N1CCOCC1.I. The van der Waals surface area contributed by atoms with Crippen LogP contribution >= 0.6 is 24.0 Å². The number of halogens is 2. The summed E-state index contributed by atoms with van der Waals surface area (Å²) in [5, 5.41) is 6.99. The van der Waals surface area contributed by atoms with Crippen molar-refractivity contribution in [1.29, 1.82) is 0 Å². The van der Waals surface area contributed by atoms with Gasteiger partial charge in [0.25, 0.3) is 0 Å². The van der Waals surface area contributed by atoms with E-state index in [-0.39, 0.29) is 40.7 Å². The summed E-state index contributed by atoms with van der Waals surface area (Å²) in [6.07, 6.45) is 3.47. The molecule has 2 N–H and O–H groups in total. The van der Waals surface area contributed by atoms with E-state index in [9.17, 15) is 4.39 Å². The third kappa shape index (κ3) is 5.57. The fraction of sp³-hybridized carbons (Fsp3) is 0.667. The first kappa shape index (κ1) is 23.3. The Kier molecular flexibility index (Phi) is 8.51. The van der Waals surface area contributed by atoms with E-state index >= 15 is 0 Å². The molecule has 2 aliphatic rings. The zero-order valence-corrected chi connectivity index (χ0v) is 19.6. The summed E-state index contributed by atoms with van der Waals surface area (Å²) >= 11 is 0. The van der Waals surface area contributed by atoms with Gasteiger partial charge in [-0.2, -0.15) is 0 Å². The van der Waals surface area contributed by atoms with Crippen LogP contribution in [0.25, 0.3) is 0 Å². The first-order chi connectivity index (χ1) is 13.0. The normalized spacial score (nSPS) is 20.1. The maximum absolute atomic E-state index is 13.3. The van der Waals surface area contributed by atoms with Crippen LogP contribution in [0.2, 0.25) is 0 Å². The summed E-state index contributed by atoms with van der Waals surface area (Å²) in [7, 11) is 1.81. The number of guanidine groups is 1. The van der Waals surface area contributed by atoms with E-state index in [4.69, 9.17) is 4.74 Å². The average molecular weight is 504 g/mol. The van der Waals surface area contributed by atoms with Crippen molar-refractivity contribution in [2.24, 2.45) is 4.99 Å². The average Bonchev–Trinajstić information content (AvgIpc) is 2.65. The largest absolute Gasteiger partial charge is 0.379 e. The molecule has 2 fully saturated rings. The molecule has 1 heterocycles. The summed E-state index contributed by atoms with van der Waals surface area (Å²) in [5.74, 6) is 0.647. The number of morpholine rings is 1. The molecular formula is C21H34FIN4O. The fourth-order valence-corrected chi connectivity index (χ4v) is 4.03. The monoisotopic (exact) mass is 504 g/mol. The number of nitrogens with one attached hydrogen (secondary N) is 2. The molecule has 1 aliphatic heterocycles. The van der Waals surface area contributed by atoms with Crippen molar-refractivity contribution in [3.63, 3.8) is 0 Å². The number of aliphatic imine (C=N–C) groups is 1. The molecule has 1 aromatic carbocycles. The second-order valence-corrected chi connectivity index (χ2v) is 8.33. The summed E-state index contributed by atoms with van der Waals surface area (Å²) in [6, 6.07) is 6.97. The summed E-state index contributed by atoms with van der Waals surface area (Å²) < 4.78 is 18.7. The molecule has 0 bridgehead atoms. The van der Waals surface area contributed by atoms with Crippen LogP contribution in [0, 0.1) is 5.82 Å². The van der Waals surface area contributed by atoms with Gasteiger partial charge in [-0.15, -0.1) is 24.0 Å². The highest BCUT2D eigenvalue weighted by molar-refractivity contribution is 14.0. The molecule has 0 atom stereocenters. The van der Waals surface area contributed by atoms with E-state index in [1.54, 1.807) is 12.1 Å².